The van der Waals surface area contributed by atoms with Gasteiger partial charge in [-0.2, -0.15) is 0 Å². The molecule has 0 aliphatic heterocycles. The van der Waals surface area contributed by atoms with E-state index in [1.165, 1.54) is 0 Å². The molecule has 0 aliphatic carbocycles. The molecule has 1 unspecified atom stereocenters. The Balaban J connectivity index is 2.15. The fourth-order valence-electron chi connectivity index (χ4n) is 2.25. The van der Waals surface area contributed by atoms with E-state index in [9.17, 15) is 4.79 Å². The molecule has 4 heteroatoms. The summed E-state index contributed by atoms with van der Waals surface area (Å²) in [6.07, 6.45) is 2.91. The number of benzene rings is 1. The van der Waals surface area contributed by atoms with E-state index in [0.717, 1.165) is 17.3 Å². The molecule has 0 fully saturated rings. The van der Waals surface area contributed by atoms with Crippen LogP contribution in [0.25, 0.3) is 10.9 Å². The lowest BCUT2D eigenvalue weighted by Gasteiger charge is -2.16. The summed E-state index contributed by atoms with van der Waals surface area (Å²) in [5.74, 6) is 0.621. The first-order valence-corrected chi connectivity index (χ1v) is 7.41. The molecule has 0 spiro atoms. The number of hydrogen-bond donors (Lipinski definition) is 1. The highest BCUT2D eigenvalue weighted by Crippen LogP contribution is 2.27. The maximum atomic E-state index is 12.2. The molecule has 20 heavy (non-hydrogen) atoms. The third kappa shape index (κ3) is 3.15. The molecule has 1 heterocycles. The number of nitrogens with one attached hydrogen (secondary N) is 1. The minimum absolute atomic E-state index is 0.0306. The fraction of sp³-hybridized carbons (Fsp3) is 0.438. The summed E-state index contributed by atoms with van der Waals surface area (Å²) in [5, 5.41) is 4.71. The first kappa shape index (κ1) is 14.9. The fourth-order valence-corrected chi connectivity index (χ4v) is 2.53. The molecular formula is C16H21ClN2O. The Labute approximate surface area is 124 Å². The molecule has 0 saturated carbocycles. The van der Waals surface area contributed by atoms with Crippen molar-refractivity contribution >= 4 is 28.4 Å². The van der Waals surface area contributed by atoms with Crippen molar-refractivity contribution in [1.29, 1.82) is 0 Å². The highest BCUT2D eigenvalue weighted by Gasteiger charge is 2.17. The molecule has 1 aromatic heterocycles. The van der Waals surface area contributed by atoms with Crippen molar-refractivity contribution in [3.63, 3.8) is 0 Å². The second-order valence-corrected chi connectivity index (χ2v) is 5.96. The number of fused-ring (bicyclic) bond motifs is 1. The Morgan fingerprint density at radius 1 is 1.30 bits per heavy atom. The molecule has 3 nitrogen and oxygen atoms in total. The minimum Gasteiger partial charge on any atom is -0.354 e. The first-order chi connectivity index (χ1) is 9.50. The number of nitrogens with zero attached hydrogens (tertiary/aromatic N) is 1. The lowest BCUT2D eigenvalue weighted by Crippen LogP contribution is -2.32. The molecule has 1 aromatic carbocycles. The Bertz CT molecular complexity index is 604. The van der Waals surface area contributed by atoms with E-state index < -0.39 is 0 Å². The van der Waals surface area contributed by atoms with Gasteiger partial charge in [-0.05, 0) is 31.4 Å². The van der Waals surface area contributed by atoms with Crippen LogP contribution in [0, 0.1) is 5.92 Å². The van der Waals surface area contributed by atoms with E-state index in [2.05, 4.69) is 19.2 Å². The van der Waals surface area contributed by atoms with Gasteiger partial charge in [0.05, 0.1) is 10.5 Å². The van der Waals surface area contributed by atoms with Gasteiger partial charge in [0.15, 0.2) is 0 Å². The molecule has 1 atom stereocenters. The zero-order valence-electron chi connectivity index (χ0n) is 12.2. The Kier molecular flexibility index (Phi) is 4.71. The van der Waals surface area contributed by atoms with Crippen LogP contribution in [0.2, 0.25) is 5.02 Å². The number of aromatic nitrogens is 1. The molecule has 108 valence electrons. The van der Waals surface area contributed by atoms with E-state index in [4.69, 9.17) is 11.6 Å². The molecule has 0 aliphatic rings. The second kappa shape index (κ2) is 6.31. The Morgan fingerprint density at radius 3 is 2.75 bits per heavy atom. The van der Waals surface area contributed by atoms with E-state index in [1.807, 2.05) is 42.0 Å². The molecule has 0 radical (unpaired) electrons. The van der Waals surface area contributed by atoms with Gasteiger partial charge in [-0.15, -0.1) is 0 Å². The van der Waals surface area contributed by atoms with Crippen LogP contribution in [0.5, 0.6) is 0 Å². The molecule has 2 aromatic rings. The number of rotatable bonds is 5. The maximum absolute atomic E-state index is 12.2. The van der Waals surface area contributed by atoms with Crippen molar-refractivity contribution in [3.8, 4) is 0 Å². The summed E-state index contributed by atoms with van der Waals surface area (Å²) in [6.45, 7) is 6.91. The summed E-state index contributed by atoms with van der Waals surface area (Å²) in [4.78, 5) is 12.2. The summed E-state index contributed by atoms with van der Waals surface area (Å²) in [6, 6.07) is 7.49. The van der Waals surface area contributed by atoms with Crippen molar-refractivity contribution in [2.75, 3.05) is 6.54 Å². The second-order valence-electron chi connectivity index (χ2n) is 5.55. The van der Waals surface area contributed by atoms with Crippen LogP contribution in [-0.4, -0.2) is 17.0 Å². The lowest BCUT2D eigenvalue weighted by atomic mass is 10.1. The normalized spacial score (nSPS) is 12.8. The Morgan fingerprint density at radius 2 is 2.05 bits per heavy atom. The summed E-state index contributed by atoms with van der Waals surface area (Å²) >= 11 is 6.25. The average Bonchev–Trinajstić information content (AvgIpc) is 2.82. The van der Waals surface area contributed by atoms with Crippen LogP contribution in [0.4, 0.5) is 0 Å². The van der Waals surface area contributed by atoms with Gasteiger partial charge < -0.3 is 9.88 Å². The predicted octanol–water partition coefficient (Wildman–Crippen LogP) is 4.02. The highest BCUT2D eigenvalue weighted by molar-refractivity contribution is 6.35. The smallest absolute Gasteiger partial charge is 0.242 e. The lowest BCUT2D eigenvalue weighted by molar-refractivity contribution is -0.123. The maximum Gasteiger partial charge on any atom is 0.242 e. The van der Waals surface area contributed by atoms with E-state index in [0.29, 0.717) is 17.5 Å². The van der Waals surface area contributed by atoms with Crippen LogP contribution in [0.15, 0.2) is 30.5 Å². The monoisotopic (exact) mass is 292 g/mol. The third-order valence-corrected chi connectivity index (χ3v) is 3.81. The summed E-state index contributed by atoms with van der Waals surface area (Å²) in [5.41, 5.74) is 0.917. The average molecular weight is 293 g/mol. The number of hydrogen-bond acceptors (Lipinski definition) is 1. The van der Waals surface area contributed by atoms with Crippen molar-refractivity contribution in [2.24, 2.45) is 5.92 Å². The molecule has 0 bridgehead atoms. The van der Waals surface area contributed by atoms with Gasteiger partial charge in [0, 0.05) is 18.1 Å². The molecule has 2 rings (SSSR count). The van der Waals surface area contributed by atoms with Gasteiger partial charge >= 0.3 is 0 Å². The number of para-hydroxylation sites is 1. The van der Waals surface area contributed by atoms with E-state index in [1.54, 1.807) is 0 Å². The SMILES string of the molecule is CC(C)CCNC(=O)C(C)n1ccc2cccc(Cl)c21. The summed E-state index contributed by atoms with van der Waals surface area (Å²) < 4.78 is 1.93. The van der Waals surface area contributed by atoms with Gasteiger partial charge in [-0.1, -0.05) is 37.6 Å². The first-order valence-electron chi connectivity index (χ1n) is 7.03. The molecular weight excluding hydrogens is 272 g/mol. The zero-order chi connectivity index (χ0) is 14.7. The zero-order valence-corrected chi connectivity index (χ0v) is 12.9. The van der Waals surface area contributed by atoms with Crippen molar-refractivity contribution in [3.05, 3.63) is 35.5 Å². The molecule has 1 amide bonds. The minimum atomic E-state index is -0.264. The largest absolute Gasteiger partial charge is 0.354 e. The van der Waals surface area contributed by atoms with Crippen molar-refractivity contribution in [1.82, 2.24) is 9.88 Å². The van der Waals surface area contributed by atoms with Gasteiger partial charge in [-0.25, -0.2) is 0 Å². The van der Waals surface area contributed by atoms with E-state index >= 15 is 0 Å². The van der Waals surface area contributed by atoms with Crippen molar-refractivity contribution < 1.29 is 4.79 Å². The van der Waals surface area contributed by atoms with Gasteiger partial charge in [0.1, 0.15) is 6.04 Å². The topological polar surface area (TPSA) is 34.0 Å². The molecule has 1 N–H and O–H groups in total. The van der Waals surface area contributed by atoms with Crippen LogP contribution < -0.4 is 5.32 Å². The van der Waals surface area contributed by atoms with Gasteiger partial charge in [-0.3, -0.25) is 4.79 Å². The van der Waals surface area contributed by atoms with Crippen molar-refractivity contribution in [2.45, 2.75) is 33.2 Å². The predicted molar refractivity (Wildman–Crippen MR) is 84.1 cm³/mol. The highest BCUT2D eigenvalue weighted by atomic mass is 35.5. The van der Waals surface area contributed by atoms with Crippen LogP contribution in [0.3, 0.4) is 0 Å². The van der Waals surface area contributed by atoms with Gasteiger partial charge in [0.2, 0.25) is 5.91 Å². The quantitative estimate of drug-likeness (QED) is 0.887. The molecule has 0 saturated heterocycles. The summed E-state index contributed by atoms with van der Waals surface area (Å²) in [7, 11) is 0. The number of carbonyl (C=O) groups is 1. The van der Waals surface area contributed by atoms with Crippen LogP contribution in [0.1, 0.15) is 33.2 Å². The number of carbonyl (C=O) groups excluding carboxylic acids is 1. The Hall–Kier alpha value is -1.48. The van der Waals surface area contributed by atoms with Crippen LogP contribution >= 0.6 is 11.6 Å². The number of amides is 1. The van der Waals surface area contributed by atoms with E-state index in [-0.39, 0.29) is 11.9 Å². The van der Waals surface area contributed by atoms with Gasteiger partial charge in [0.25, 0.3) is 0 Å². The van der Waals surface area contributed by atoms with Crippen LogP contribution in [-0.2, 0) is 4.79 Å². The standard InChI is InChI=1S/C16H21ClN2O/c1-11(2)7-9-18-16(20)12(3)19-10-8-13-5-4-6-14(17)15(13)19/h4-6,8,10-12H,7,9H2,1-3H3,(H,18,20). The third-order valence-electron chi connectivity index (χ3n) is 3.51. The number of halogens is 1.